The Labute approximate surface area is 136 Å². The van der Waals surface area contributed by atoms with Crippen LogP contribution in [0.3, 0.4) is 0 Å². The van der Waals surface area contributed by atoms with Crippen molar-refractivity contribution in [1.29, 1.82) is 0 Å². The van der Waals surface area contributed by atoms with Gasteiger partial charge in [0.1, 0.15) is 5.82 Å². The van der Waals surface area contributed by atoms with Crippen LogP contribution in [-0.4, -0.2) is 51.5 Å². The number of aliphatic hydroxyl groups is 1. The molecule has 0 amide bonds. The van der Waals surface area contributed by atoms with Crippen LogP contribution in [-0.2, 0) is 18.3 Å². The number of aryl methyl sites for hydroxylation is 1. The lowest BCUT2D eigenvalue weighted by Gasteiger charge is -2.39. The summed E-state index contributed by atoms with van der Waals surface area (Å²) in [6.45, 7) is 3.23. The smallest absolute Gasteiger partial charge is 0.123 e. The summed E-state index contributed by atoms with van der Waals surface area (Å²) < 4.78 is 7.91. The summed E-state index contributed by atoms with van der Waals surface area (Å²) in [5, 5.41) is 10.3. The first-order valence-electron chi connectivity index (χ1n) is 8.64. The average Bonchev–Trinajstić information content (AvgIpc) is 3.13. The monoisotopic (exact) mass is 315 g/mol. The molecule has 1 N–H and O–H groups in total. The average molecular weight is 315 g/mol. The highest BCUT2D eigenvalue weighted by molar-refractivity contribution is 5.75. The van der Waals surface area contributed by atoms with Crippen LogP contribution in [0.2, 0.25) is 0 Å². The van der Waals surface area contributed by atoms with Gasteiger partial charge in [0, 0.05) is 25.6 Å². The molecule has 0 spiro atoms. The maximum Gasteiger partial charge on any atom is 0.123 e. The number of hydrogen-bond acceptors (Lipinski definition) is 4. The molecule has 4 rings (SSSR count). The third kappa shape index (κ3) is 2.77. The number of benzene rings is 1. The van der Waals surface area contributed by atoms with Crippen molar-refractivity contribution in [2.24, 2.45) is 13.0 Å². The summed E-state index contributed by atoms with van der Waals surface area (Å²) in [4.78, 5) is 7.27. The maximum atomic E-state index is 10.3. The van der Waals surface area contributed by atoms with Crippen molar-refractivity contribution in [3.63, 3.8) is 0 Å². The van der Waals surface area contributed by atoms with Crippen LogP contribution in [0, 0.1) is 5.92 Å². The van der Waals surface area contributed by atoms with Gasteiger partial charge in [-0.1, -0.05) is 18.6 Å². The van der Waals surface area contributed by atoms with Crippen LogP contribution in [0.4, 0.5) is 0 Å². The number of aliphatic hydroxyl groups excluding tert-OH is 1. The van der Waals surface area contributed by atoms with Crippen molar-refractivity contribution in [1.82, 2.24) is 14.5 Å². The molecule has 1 saturated carbocycles. The molecule has 0 unspecified atom stereocenters. The molecule has 1 aromatic heterocycles. The zero-order chi connectivity index (χ0) is 15.8. The Hall–Kier alpha value is -1.43. The fraction of sp³-hybridized carbons (Fsp3) is 0.611. The van der Waals surface area contributed by atoms with Crippen molar-refractivity contribution in [2.45, 2.75) is 38.0 Å². The molecular formula is C18H25N3O2. The first kappa shape index (κ1) is 15.1. The highest BCUT2D eigenvalue weighted by atomic mass is 16.5. The summed E-state index contributed by atoms with van der Waals surface area (Å²) in [7, 11) is 2.09. The molecule has 2 aromatic rings. The normalized spacial score (nSPS) is 29.4. The summed E-state index contributed by atoms with van der Waals surface area (Å²) >= 11 is 0. The van der Waals surface area contributed by atoms with Gasteiger partial charge < -0.3 is 14.4 Å². The van der Waals surface area contributed by atoms with E-state index in [9.17, 15) is 5.11 Å². The van der Waals surface area contributed by atoms with E-state index in [2.05, 4.69) is 34.7 Å². The molecule has 1 aliphatic heterocycles. The fourth-order valence-electron chi connectivity index (χ4n) is 4.18. The second kappa shape index (κ2) is 6.23. The minimum absolute atomic E-state index is 0.176. The summed E-state index contributed by atoms with van der Waals surface area (Å²) in [6.07, 6.45) is 2.99. The van der Waals surface area contributed by atoms with Crippen LogP contribution in [0.5, 0.6) is 0 Å². The van der Waals surface area contributed by atoms with Gasteiger partial charge >= 0.3 is 0 Å². The second-order valence-electron chi connectivity index (χ2n) is 6.85. The van der Waals surface area contributed by atoms with E-state index in [0.29, 0.717) is 12.0 Å². The first-order chi connectivity index (χ1) is 11.2. The largest absolute Gasteiger partial charge is 0.393 e. The number of fused-ring (bicyclic) bond motifs is 1. The fourth-order valence-corrected chi connectivity index (χ4v) is 4.18. The predicted molar refractivity (Wildman–Crippen MR) is 89.1 cm³/mol. The van der Waals surface area contributed by atoms with E-state index < -0.39 is 0 Å². The minimum atomic E-state index is -0.176. The van der Waals surface area contributed by atoms with Gasteiger partial charge in [-0.2, -0.15) is 0 Å². The van der Waals surface area contributed by atoms with Gasteiger partial charge in [0.05, 0.1) is 36.9 Å². The lowest BCUT2D eigenvalue weighted by Crippen LogP contribution is -2.50. The van der Waals surface area contributed by atoms with Gasteiger partial charge in [0.25, 0.3) is 0 Å². The standard InChI is InChI=1S/C18H25N3O2/c1-20-15-7-3-2-6-14(15)19-18(20)11-21-9-10-23-12-16(21)13-5-4-8-17(13)22/h2-3,6-7,13,16-17,22H,4-5,8-12H2,1H3/t13-,16+,17+/m0/s1. The molecule has 2 fully saturated rings. The quantitative estimate of drug-likeness (QED) is 0.940. The Morgan fingerprint density at radius 2 is 2.17 bits per heavy atom. The Morgan fingerprint density at radius 1 is 1.30 bits per heavy atom. The molecule has 5 nitrogen and oxygen atoms in total. The van der Waals surface area contributed by atoms with Crippen molar-refractivity contribution >= 4 is 11.0 Å². The number of imidazole rings is 1. The number of ether oxygens (including phenoxy) is 1. The topological polar surface area (TPSA) is 50.5 Å². The number of aromatic nitrogens is 2. The Kier molecular flexibility index (Phi) is 4.09. The van der Waals surface area contributed by atoms with Crippen LogP contribution in [0.1, 0.15) is 25.1 Å². The molecule has 0 bridgehead atoms. The third-order valence-corrected chi connectivity index (χ3v) is 5.53. The van der Waals surface area contributed by atoms with Crippen molar-refractivity contribution in [2.75, 3.05) is 19.8 Å². The Morgan fingerprint density at radius 3 is 2.96 bits per heavy atom. The third-order valence-electron chi connectivity index (χ3n) is 5.53. The van der Waals surface area contributed by atoms with Crippen LogP contribution < -0.4 is 0 Å². The maximum absolute atomic E-state index is 10.3. The Balaban J connectivity index is 1.58. The molecule has 2 aliphatic rings. The van der Waals surface area contributed by atoms with Gasteiger partial charge in [0.15, 0.2) is 0 Å². The molecule has 1 aliphatic carbocycles. The van der Waals surface area contributed by atoms with Crippen LogP contribution in [0.15, 0.2) is 24.3 Å². The molecule has 0 radical (unpaired) electrons. The van der Waals surface area contributed by atoms with E-state index in [1.807, 2.05) is 6.07 Å². The van der Waals surface area contributed by atoms with E-state index in [-0.39, 0.29) is 6.10 Å². The van der Waals surface area contributed by atoms with Crippen LogP contribution >= 0.6 is 0 Å². The lowest BCUT2D eigenvalue weighted by atomic mass is 9.94. The molecule has 124 valence electrons. The van der Waals surface area contributed by atoms with E-state index in [4.69, 9.17) is 9.72 Å². The highest BCUT2D eigenvalue weighted by Gasteiger charge is 2.37. The molecule has 3 atom stereocenters. The van der Waals surface area contributed by atoms with Crippen molar-refractivity contribution in [3.8, 4) is 0 Å². The number of rotatable bonds is 3. The number of para-hydroxylation sites is 2. The number of hydrogen-bond donors (Lipinski definition) is 1. The predicted octanol–water partition coefficient (Wildman–Crippen LogP) is 1.94. The zero-order valence-corrected chi connectivity index (χ0v) is 13.7. The Bertz CT molecular complexity index is 684. The van der Waals surface area contributed by atoms with Gasteiger partial charge in [-0.3, -0.25) is 4.90 Å². The first-order valence-corrected chi connectivity index (χ1v) is 8.64. The van der Waals surface area contributed by atoms with Crippen LogP contribution in [0.25, 0.3) is 11.0 Å². The summed E-state index contributed by atoms with van der Waals surface area (Å²) in [5.74, 6) is 1.43. The zero-order valence-electron chi connectivity index (χ0n) is 13.7. The molecular weight excluding hydrogens is 290 g/mol. The minimum Gasteiger partial charge on any atom is -0.393 e. The molecule has 1 aromatic carbocycles. The number of morpholine rings is 1. The van der Waals surface area contributed by atoms with E-state index in [1.165, 1.54) is 5.52 Å². The van der Waals surface area contributed by atoms with E-state index in [0.717, 1.165) is 56.9 Å². The van der Waals surface area contributed by atoms with Gasteiger partial charge in [-0.05, 0) is 25.0 Å². The van der Waals surface area contributed by atoms with E-state index >= 15 is 0 Å². The van der Waals surface area contributed by atoms with Gasteiger partial charge in [-0.15, -0.1) is 0 Å². The van der Waals surface area contributed by atoms with Gasteiger partial charge in [0.2, 0.25) is 0 Å². The number of nitrogens with zero attached hydrogens (tertiary/aromatic N) is 3. The van der Waals surface area contributed by atoms with Crippen molar-refractivity contribution in [3.05, 3.63) is 30.1 Å². The highest BCUT2D eigenvalue weighted by Crippen LogP contribution is 2.33. The van der Waals surface area contributed by atoms with E-state index in [1.54, 1.807) is 0 Å². The lowest BCUT2D eigenvalue weighted by molar-refractivity contribution is -0.0547. The molecule has 2 heterocycles. The molecule has 1 saturated heterocycles. The SMILES string of the molecule is Cn1c(CN2CCOC[C@@H]2[C@@H]2CCC[C@H]2O)nc2ccccc21. The summed E-state index contributed by atoms with van der Waals surface area (Å²) in [5.41, 5.74) is 2.23. The molecule has 5 heteroatoms. The summed E-state index contributed by atoms with van der Waals surface area (Å²) in [6, 6.07) is 8.58. The molecule has 23 heavy (non-hydrogen) atoms. The second-order valence-corrected chi connectivity index (χ2v) is 6.85. The van der Waals surface area contributed by atoms with Gasteiger partial charge in [-0.25, -0.2) is 4.98 Å². The van der Waals surface area contributed by atoms with Crippen molar-refractivity contribution < 1.29 is 9.84 Å².